The second kappa shape index (κ2) is 7.01. The van der Waals surface area contributed by atoms with Crippen LogP contribution in [0.1, 0.15) is 26.7 Å². The van der Waals surface area contributed by atoms with Gasteiger partial charge in [0.05, 0.1) is 11.2 Å². The molecule has 4 heteroatoms. The van der Waals surface area contributed by atoms with Crippen LogP contribution in [0.25, 0.3) is 10.9 Å². The summed E-state index contributed by atoms with van der Waals surface area (Å²) in [6.45, 7) is 5.06. The maximum Gasteiger partial charge on any atom is 0.224 e. The van der Waals surface area contributed by atoms with Gasteiger partial charge in [0, 0.05) is 24.0 Å². The van der Waals surface area contributed by atoms with Crippen molar-refractivity contribution >= 4 is 22.5 Å². The quantitative estimate of drug-likeness (QED) is 0.794. The van der Waals surface area contributed by atoms with Crippen LogP contribution >= 0.6 is 0 Å². The largest absolute Gasteiger partial charge is 0.325 e. The Bertz CT molecular complexity index is 575. The molecule has 106 valence electrons. The first-order valence-electron chi connectivity index (χ1n) is 7.04. The maximum atomic E-state index is 11.9. The van der Waals surface area contributed by atoms with Crippen LogP contribution in [-0.2, 0) is 4.79 Å². The van der Waals surface area contributed by atoms with Crippen molar-refractivity contribution in [1.29, 1.82) is 0 Å². The summed E-state index contributed by atoms with van der Waals surface area (Å²) in [5.41, 5.74) is 1.73. The first-order chi connectivity index (χ1) is 9.66. The second-order valence-corrected chi connectivity index (χ2v) is 5.14. The molecule has 0 atom stereocenters. The number of carbonyl (C=O) groups excluding carboxylic acids is 1. The molecule has 20 heavy (non-hydrogen) atoms. The molecule has 0 aliphatic carbocycles. The summed E-state index contributed by atoms with van der Waals surface area (Å²) in [7, 11) is 0. The van der Waals surface area contributed by atoms with E-state index in [0.29, 0.717) is 12.5 Å². The van der Waals surface area contributed by atoms with E-state index in [4.69, 9.17) is 0 Å². The Morgan fingerprint density at radius 3 is 2.90 bits per heavy atom. The predicted octanol–water partition coefficient (Wildman–Crippen LogP) is 2.95. The summed E-state index contributed by atoms with van der Waals surface area (Å²) in [5, 5.41) is 7.25. The number of hydrogen-bond acceptors (Lipinski definition) is 3. The number of aromatic nitrogens is 1. The normalized spacial score (nSPS) is 10.9. The lowest BCUT2D eigenvalue weighted by atomic mass is 10.1. The molecule has 0 unspecified atom stereocenters. The van der Waals surface area contributed by atoms with Crippen molar-refractivity contribution in [3.8, 4) is 0 Å². The molecule has 1 amide bonds. The number of hydrogen-bond donors (Lipinski definition) is 2. The number of benzene rings is 1. The molecule has 1 heterocycles. The number of carbonyl (C=O) groups is 1. The highest BCUT2D eigenvalue weighted by atomic mass is 16.1. The Labute approximate surface area is 119 Å². The third-order valence-electron chi connectivity index (χ3n) is 3.05. The van der Waals surface area contributed by atoms with Crippen molar-refractivity contribution in [2.75, 3.05) is 11.9 Å². The highest BCUT2D eigenvalue weighted by molar-refractivity contribution is 6.00. The lowest BCUT2D eigenvalue weighted by molar-refractivity contribution is -0.116. The zero-order valence-corrected chi connectivity index (χ0v) is 12.0. The summed E-state index contributed by atoms with van der Waals surface area (Å²) < 4.78 is 0. The molecule has 0 aliphatic rings. The summed E-state index contributed by atoms with van der Waals surface area (Å²) in [5.74, 6) is 0.0481. The van der Waals surface area contributed by atoms with Gasteiger partial charge in [-0.2, -0.15) is 0 Å². The van der Waals surface area contributed by atoms with Gasteiger partial charge in [-0.05, 0) is 37.2 Å². The summed E-state index contributed by atoms with van der Waals surface area (Å²) in [6, 6.07) is 10.1. The minimum Gasteiger partial charge on any atom is -0.325 e. The summed E-state index contributed by atoms with van der Waals surface area (Å²) >= 11 is 0. The average molecular weight is 271 g/mol. The molecule has 0 saturated heterocycles. The van der Waals surface area contributed by atoms with Crippen molar-refractivity contribution in [3.63, 3.8) is 0 Å². The van der Waals surface area contributed by atoms with Gasteiger partial charge in [0.1, 0.15) is 0 Å². The fourth-order valence-electron chi connectivity index (χ4n) is 2.06. The van der Waals surface area contributed by atoms with E-state index in [2.05, 4.69) is 29.5 Å². The summed E-state index contributed by atoms with van der Waals surface area (Å²) in [6.07, 6.45) is 3.12. The van der Waals surface area contributed by atoms with Gasteiger partial charge in [-0.1, -0.05) is 19.9 Å². The van der Waals surface area contributed by atoms with E-state index in [1.807, 2.05) is 30.3 Å². The van der Waals surface area contributed by atoms with Gasteiger partial charge in [0.25, 0.3) is 0 Å². The van der Waals surface area contributed by atoms with E-state index in [9.17, 15) is 4.79 Å². The first kappa shape index (κ1) is 14.5. The molecule has 0 radical (unpaired) electrons. The van der Waals surface area contributed by atoms with Gasteiger partial charge in [-0.3, -0.25) is 9.78 Å². The number of anilines is 1. The fraction of sp³-hybridized carbons (Fsp3) is 0.375. The Morgan fingerprint density at radius 1 is 1.25 bits per heavy atom. The molecule has 2 aromatic rings. The molecular formula is C16H21N3O. The number of amides is 1. The molecule has 0 bridgehead atoms. The number of fused-ring (bicyclic) bond motifs is 1. The van der Waals surface area contributed by atoms with Crippen LogP contribution < -0.4 is 10.6 Å². The molecule has 2 rings (SSSR count). The minimum atomic E-state index is 0.0481. The Kier molecular flexibility index (Phi) is 5.07. The van der Waals surface area contributed by atoms with Gasteiger partial charge >= 0.3 is 0 Å². The van der Waals surface area contributed by atoms with Gasteiger partial charge < -0.3 is 10.6 Å². The first-order valence-corrected chi connectivity index (χ1v) is 7.04. The van der Waals surface area contributed by atoms with Crippen molar-refractivity contribution in [3.05, 3.63) is 36.5 Å². The lowest BCUT2D eigenvalue weighted by Crippen LogP contribution is -2.24. The van der Waals surface area contributed by atoms with Crippen LogP contribution in [0.15, 0.2) is 36.5 Å². The molecule has 0 aliphatic heterocycles. The van der Waals surface area contributed by atoms with Crippen LogP contribution in [0, 0.1) is 0 Å². The lowest BCUT2D eigenvalue weighted by Gasteiger charge is -2.09. The average Bonchev–Trinajstić information content (AvgIpc) is 2.44. The van der Waals surface area contributed by atoms with Crippen LogP contribution in [0.5, 0.6) is 0 Å². The van der Waals surface area contributed by atoms with Crippen LogP contribution in [-0.4, -0.2) is 23.5 Å². The van der Waals surface area contributed by atoms with Crippen LogP contribution in [0.3, 0.4) is 0 Å². The highest BCUT2D eigenvalue weighted by Crippen LogP contribution is 2.21. The Morgan fingerprint density at radius 2 is 2.10 bits per heavy atom. The Balaban J connectivity index is 1.93. The van der Waals surface area contributed by atoms with E-state index in [-0.39, 0.29) is 5.91 Å². The van der Waals surface area contributed by atoms with E-state index in [1.54, 1.807) is 6.20 Å². The SMILES string of the molecule is CC(C)NCCCC(=O)Nc1cccc2ncccc12. The van der Waals surface area contributed by atoms with E-state index >= 15 is 0 Å². The highest BCUT2D eigenvalue weighted by Gasteiger charge is 2.06. The van der Waals surface area contributed by atoms with Gasteiger partial charge in [0.2, 0.25) is 5.91 Å². The number of nitrogens with one attached hydrogen (secondary N) is 2. The maximum absolute atomic E-state index is 11.9. The monoisotopic (exact) mass is 271 g/mol. The minimum absolute atomic E-state index is 0.0481. The van der Waals surface area contributed by atoms with Gasteiger partial charge in [-0.15, -0.1) is 0 Å². The molecule has 0 saturated carbocycles. The standard InChI is InChI=1S/C16H21N3O/c1-12(2)17-10-5-9-16(20)19-15-8-3-7-14-13(15)6-4-11-18-14/h3-4,6-8,11-12,17H,5,9-10H2,1-2H3,(H,19,20). The number of rotatable bonds is 6. The van der Waals surface area contributed by atoms with Crippen molar-refractivity contribution in [1.82, 2.24) is 10.3 Å². The molecule has 2 N–H and O–H groups in total. The van der Waals surface area contributed by atoms with E-state index < -0.39 is 0 Å². The molecule has 0 spiro atoms. The zero-order chi connectivity index (χ0) is 14.4. The van der Waals surface area contributed by atoms with Gasteiger partial charge in [0.15, 0.2) is 0 Å². The second-order valence-electron chi connectivity index (χ2n) is 5.14. The van der Waals surface area contributed by atoms with Crippen LogP contribution in [0.2, 0.25) is 0 Å². The van der Waals surface area contributed by atoms with Crippen LogP contribution in [0.4, 0.5) is 5.69 Å². The molecule has 1 aromatic heterocycles. The van der Waals surface area contributed by atoms with Crippen molar-refractivity contribution in [2.45, 2.75) is 32.7 Å². The topological polar surface area (TPSA) is 54.0 Å². The molecule has 1 aromatic carbocycles. The van der Waals surface area contributed by atoms with Gasteiger partial charge in [-0.25, -0.2) is 0 Å². The fourth-order valence-corrected chi connectivity index (χ4v) is 2.06. The third-order valence-corrected chi connectivity index (χ3v) is 3.05. The number of nitrogens with zero attached hydrogens (tertiary/aromatic N) is 1. The van der Waals surface area contributed by atoms with Crippen molar-refractivity contribution in [2.24, 2.45) is 0 Å². The third kappa shape index (κ3) is 4.03. The Hall–Kier alpha value is -1.94. The van der Waals surface area contributed by atoms with E-state index in [0.717, 1.165) is 29.6 Å². The zero-order valence-electron chi connectivity index (χ0n) is 12.0. The molecule has 4 nitrogen and oxygen atoms in total. The van der Waals surface area contributed by atoms with Crippen molar-refractivity contribution < 1.29 is 4.79 Å². The number of pyridine rings is 1. The molecular weight excluding hydrogens is 250 g/mol. The smallest absolute Gasteiger partial charge is 0.224 e. The van der Waals surface area contributed by atoms with E-state index in [1.165, 1.54) is 0 Å². The summed E-state index contributed by atoms with van der Waals surface area (Å²) in [4.78, 5) is 16.2. The predicted molar refractivity (Wildman–Crippen MR) is 82.7 cm³/mol. The molecule has 0 fully saturated rings.